The molecule has 21 heavy (non-hydrogen) atoms. The molecule has 2 rings (SSSR count). The van der Waals surface area contributed by atoms with Crippen molar-refractivity contribution in [2.24, 2.45) is 0 Å². The number of carbonyl (C=O) groups is 1. The highest BCUT2D eigenvalue weighted by Crippen LogP contribution is 2.29. The molecule has 1 aromatic carbocycles. The largest absolute Gasteiger partial charge is 0.490 e. The summed E-state index contributed by atoms with van der Waals surface area (Å²) in [6.07, 6.45) is 0.806. The van der Waals surface area contributed by atoms with Gasteiger partial charge in [0.25, 0.3) is 0 Å². The normalized spacial score (nSPS) is 21.3. The molecule has 2 atom stereocenters. The molecular weight excluding hydrogens is 270 g/mol. The van der Waals surface area contributed by atoms with Crippen LogP contribution in [0.25, 0.3) is 0 Å². The summed E-state index contributed by atoms with van der Waals surface area (Å²) in [7, 11) is 1.67. The van der Waals surface area contributed by atoms with Crippen molar-refractivity contribution in [2.45, 2.75) is 32.4 Å². The van der Waals surface area contributed by atoms with E-state index in [-0.39, 0.29) is 17.9 Å². The number of carbonyl (C=O) groups excluding carboxylic acids is 1. The number of Topliss-reactive ketones (excluding diaryl/α,β-unsaturated/α-hetero) is 1. The number of hydrogen-bond donors (Lipinski definition) is 1. The summed E-state index contributed by atoms with van der Waals surface area (Å²) in [5.41, 5.74) is 0.635. The topological polar surface area (TPSA) is 56.8 Å². The Bertz CT molecular complexity index is 489. The van der Waals surface area contributed by atoms with Crippen LogP contribution in [0.4, 0.5) is 0 Å². The van der Waals surface area contributed by atoms with E-state index in [4.69, 9.17) is 14.2 Å². The summed E-state index contributed by atoms with van der Waals surface area (Å²) in [6.45, 7) is 5.63. The molecule has 0 aromatic heterocycles. The van der Waals surface area contributed by atoms with E-state index in [2.05, 4.69) is 5.32 Å². The molecule has 2 unspecified atom stereocenters. The molecule has 0 bridgehead atoms. The summed E-state index contributed by atoms with van der Waals surface area (Å²) in [5.74, 6) is 1.36. The van der Waals surface area contributed by atoms with E-state index in [0.29, 0.717) is 43.2 Å². The zero-order valence-electron chi connectivity index (χ0n) is 12.8. The lowest BCUT2D eigenvalue weighted by Gasteiger charge is -2.14. The van der Waals surface area contributed by atoms with Crippen LogP contribution in [0.5, 0.6) is 11.5 Å². The standard InChI is InChI=1S/C16H23NO4/c1-4-20-14-7-6-11(8-15(14)21-5-2)16(18)13-9-12(19-3)10-17-13/h6-8,12-13,17H,4-5,9-10H2,1-3H3. The van der Waals surface area contributed by atoms with Crippen LogP contribution in [-0.2, 0) is 4.74 Å². The van der Waals surface area contributed by atoms with Crippen LogP contribution >= 0.6 is 0 Å². The fourth-order valence-corrected chi connectivity index (χ4v) is 2.49. The first-order valence-electron chi connectivity index (χ1n) is 7.39. The minimum Gasteiger partial charge on any atom is -0.490 e. The molecule has 1 aliphatic heterocycles. The fraction of sp³-hybridized carbons (Fsp3) is 0.562. The minimum absolute atomic E-state index is 0.0681. The first kappa shape index (κ1) is 15.8. The molecule has 0 amide bonds. The van der Waals surface area contributed by atoms with Crippen LogP contribution in [0.15, 0.2) is 18.2 Å². The Morgan fingerprint density at radius 3 is 2.57 bits per heavy atom. The van der Waals surface area contributed by atoms with Gasteiger partial charge in [0.15, 0.2) is 17.3 Å². The van der Waals surface area contributed by atoms with Gasteiger partial charge >= 0.3 is 0 Å². The van der Waals surface area contributed by atoms with E-state index in [0.717, 1.165) is 0 Å². The molecule has 1 fully saturated rings. The molecule has 0 aliphatic carbocycles. The third kappa shape index (κ3) is 3.74. The second kappa shape index (κ2) is 7.43. The smallest absolute Gasteiger partial charge is 0.179 e. The Labute approximate surface area is 125 Å². The van der Waals surface area contributed by atoms with Crippen molar-refractivity contribution in [1.29, 1.82) is 0 Å². The Morgan fingerprint density at radius 1 is 1.24 bits per heavy atom. The lowest BCUT2D eigenvalue weighted by Crippen LogP contribution is -2.30. The van der Waals surface area contributed by atoms with Gasteiger partial charge in [0, 0.05) is 19.2 Å². The van der Waals surface area contributed by atoms with Gasteiger partial charge < -0.3 is 19.5 Å². The highest BCUT2D eigenvalue weighted by molar-refractivity contribution is 6.00. The predicted octanol–water partition coefficient (Wildman–Crippen LogP) is 2.04. The van der Waals surface area contributed by atoms with Gasteiger partial charge in [0.1, 0.15) is 0 Å². The van der Waals surface area contributed by atoms with Crippen molar-refractivity contribution in [1.82, 2.24) is 5.32 Å². The first-order valence-corrected chi connectivity index (χ1v) is 7.39. The summed E-state index contributed by atoms with van der Waals surface area (Å²) in [5, 5.41) is 3.20. The summed E-state index contributed by atoms with van der Waals surface area (Å²) < 4.78 is 16.4. The van der Waals surface area contributed by atoms with Crippen molar-refractivity contribution in [2.75, 3.05) is 26.9 Å². The quantitative estimate of drug-likeness (QED) is 0.780. The Hall–Kier alpha value is -1.59. The van der Waals surface area contributed by atoms with Crippen LogP contribution < -0.4 is 14.8 Å². The van der Waals surface area contributed by atoms with Crippen molar-refractivity contribution in [3.05, 3.63) is 23.8 Å². The van der Waals surface area contributed by atoms with E-state index in [1.165, 1.54) is 0 Å². The highest BCUT2D eigenvalue weighted by Gasteiger charge is 2.30. The van der Waals surface area contributed by atoms with Gasteiger partial charge in [-0.25, -0.2) is 0 Å². The van der Waals surface area contributed by atoms with Crippen LogP contribution in [0, 0.1) is 0 Å². The summed E-state index contributed by atoms with van der Waals surface area (Å²) in [4.78, 5) is 12.5. The first-order chi connectivity index (χ1) is 10.2. The van der Waals surface area contributed by atoms with Crippen LogP contribution in [0.3, 0.4) is 0 Å². The SMILES string of the molecule is CCOc1ccc(C(=O)C2CC(OC)CN2)cc1OCC. The Kier molecular flexibility index (Phi) is 5.59. The number of ether oxygens (including phenoxy) is 3. The third-order valence-corrected chi connectivity index (χ3v) is 3.57. The lowest BCUT2D eigenvalue weighted by atomic mass is 10.0. The van der Waals surface area contributed by atoms with E-state index in [9.17, 15) is 4.79 Å². The highest BCUT2D eigenvalue weighted by atomic mass is 16.5. The molecule has 0 spiro atoms. The van der Waals surface area contributed by atoms with Gasteiger partial charge in [-0.1, -0.05) is 0 Å². The molecule has 1 aromatic rings. The maximum Gasteiger partial charge on any atom is 0.179 e. The van der Waals surface area contributed by atoms with Crippen molar-refractivity contribution >= 4 is 5.78 Å². The summed E-state index contributed by atoms with van der Waals surface area (Å²) in [6, 6.07) is 5.16. The molecule has 116 valence electrons. The monoisotopic (exact) mass is 293 g/mol. The summed E-state index contributed by atoms with van der Waals surface area (Å²) >= 11 is 0. The van der Waals surface area contributed by atoms with Gasteiger partial charge in [0.05, 0.1) is 25.4 Å². The number of rotatable bonds is 7. The Morgan fingerprint density at radius 2 is 1.95 bits per heavy atom. The van der Waals surface area contributed by atoms with E-state index < -0.39 is 0 Å². The average Bonchev–Trinajstić information content (AvgIpc) is 2.98. The van der Waals surface area contributed by atoms with Crippen molar-refractivity contribution < 1.29 is 19.0 Å². The average molecular weight is 293 g/mol. The number of nitrogens with one attached hydrogen (secondary N) is 1. The molecular formula is C16H23NO4. The van der Waals surface area contributed by atoms with E-state index in [1.807, 2.05) is 13.8 Å². The van der Waals surface area contributed by atoms with E-state index in [1.54, 1.807) is 25.3 Å². The van der Waals surface area contributed by atoms with Crippen molar-refractivity contribution in [3.8, 4) is 11.5 Å². The number of hydrogen-bond acceptors (Lipinski definition) is 5. The van der Waals surface area contributed by atoms with Crippen LogP contribution in [0.2, 0.25) is 0 Å². The fourth-order valence-electron chi connectivity index (χ4n) is 2.49. The minimum atomic E-state index is -0.192. The molecule has 0 radical (unpaired) electrons. The van der Waals surface area contributed by atoms with Gasteiger partial charge in [-0.3, -0.25) is 4.79 Å². The molecule has 5 nitrogen and oxygen atoms in total. The molecule has 1 aliphatic rings. The number of ketones is 1. The van der Waals surface area contributed by atoms with Gasteiger partial charge in [0.2, 0.25) is 0 Å². The molecule has 1 N–H and O–H groups in total. The molecule has 0 saturated carbocycles. The molecule has 5 heteroatoms. The van der Waals surface area contributed by atoms with Crippen molar-refractivity contribution in [3.63, 3.8) is 0 Å². The second-order valence-electron chi connectivity index (χ2n) is 4.95. The van der Waals surface area contributed by atoms with Crippen LogP contribution in [0.1, 0.15) is 30.6 Å². The predicted molar refractivity (Wildman–Crippen MR) is 80.3 cm³/mol. The van der Waals surface area contributed by atoms with Gasteiger partial charge in [-0.15, -0.1) is 0 Å². The zero-order valence-corrected chi connectivity index (χ0v) is 12.8. The van der Waals surface area contributed by atoms with Gasteiger partial charge in [-0.2, -0.15) is 0 Å². The Balaban J connectivity index is 2.15. The lowest BCUT2D eigenvalue weighted by molar-refractivity contribution is 0.0918. The third-order valence-electron chi connectivity index (χ3n) is 3.57. The molecule has 1 heterocycles. The van der Waals surface area contributed by atoms with Crippen LogP contribution in [-0.4, -0.2) is 44.8 Å². The van der Waals surface area contributed by atoms with E-state index >= 15 is 0 Å². The maximum absolute atomic E-state index is 12.5. The second-order valence-corrected chi connectivity index (χ2v) is 4.95. The number of methoxy groups -OCH3 is 1. The zero-order chi connectivity index (χ0) is 15.2. The number of benzene rings is 1. The maximum atomic E-state index is 12.5. The van der Waals surface area contributed by atoms with Gasteiger partial charge in [-0.05, 0) is 38.5 Å². The molecule has 1 saturated heterocycles.